The van der Waals surface area contributed by atoms with Crippen molar-refractivity contribution in [3.05, 3.63) is 0 Å². The maximum Gasteiger partial charge on any atom is 0.0597 e. The third-order valence-electron chi connectivity index (χ3n) is 4.84. The molecule has 0 aromatic heterocycles. The van der Waals surface area contributed by atoms with Gasteiger partial charge in [-0.3, -0.25) is 0 Å². The molecule has 13 heavy (non-hydrogen) atoms. The maximum atomic E-state index is 10.1. The molecule has 0 unspecified atom stereocenters. The van der Waals surface area contributed by atoms with E-state index in [-0.39, 0.29) is 6.10 Å². The van der Waals surface area contributed by atoms with Gasteiger partial charge in [0.2, 0.25) is 0 Å². The van der Waals surface area contributed by atoms with Crippen LogP contribution in [0.5, 0.6) is 0 Å². The lowest BCUT2D eigenvalue weighted by Crippen LogP contribution is -2.56. The van der Waals surface area contributed by atoms with Crippen LogP contribution in [0.1, 0.15) is 46.0 Å². The van der Waals surface area contributed by atoms with Gasteiger partial charge in [0.25, 0.3) is 0 Å². The molecule has 0 aliphatic heterocycles. The first-order valence-electron chi connectivity index (χ1n) is 5.68. The molecule has 0 radical (unpaired) electrons. The average molecular weight is 180 g/mol. The van der Waals surface area contributed by atoms with E-state index in [1.165, 1.54) is 32.1 Å². The fourth-order valence-corrected chi connectivity index (χ4v) is 5.03. The second kappa shape index (κ2) is 2.13. The first-order valence-corrected chi connectivity index (χ1v) is 5.68. The van der Waals surface area contributed by atoms with Crippen molar-refractivity contribution < 1.29 is 5.11 Å². The van der Waals surface area contributed by atoms with Crippen molar-refractivity contribution in [3.8, 4) is 0 Å². The van der Waals surface area contributed by atoms with E-state index >= 15 is 0 Å². The summed E-state index contributed by atoms with van der Waals surface area (Å²) in [6.07, 6.45) is 6.63. The van der Waals surface area contributed by atoms with Crippen molar-refractivity contribution in [2.24, 2.45) is 22.7 Å². The second-order valence-electron chi connectivity index (χ2n) is 6.63. The highest BCUT2D eigenvalue weighted by Gasteiger charge is 2.57. The molecular formula is C12H20O. The molecule has 4 fully saturated rings. The molecule has 0 atom stereocenters. The van der Waals surface area contributed by atoms with E-state index in [4.69, 9.17) is 0 Å². The number of aliphatic hydroxyl groups is 1. The lowest BCUT2D eigenvalue weighted by Gasteiger charge is -2.62. The van der Waals surface area contributed by atoms with E-state index in [2.05, 4.69) is 13.8 Å². The third kappa shape index (κ3) is 1.03. The molecular weight excluding hydrogens is 160 g/mol. The molecule has 74 valence electrons. The van der Waals surface area contributed by atoms with Gasteiger partial charge in [-0.05, 0) is 54.8 Å². The highest BCUT2D eigenvalue weighted by atomic mass is 16.3. The highest BCUT2D eigenvalue weighted by Crippen LogP contribution is 2.64. The SMILES string of the molecule is CC12CC3CC(C)(CC(C1)C3O)C2. The zero-order valence-electron chi connectivity index (χ0n) is 8.71. The monoisotopic (exact) mass is 180 g/mol. The van der Waals surface area contributed by atoms with Crippen LogP contribution < -0.4 is 0 Å². The zero-order chi connectivity index (χ0) is 9.27. The number of aliphatic hydroxyl groups excluding tert-OH is 1. The van der Waals surface area contributed by atoms with Crippen LogP contribution in [0.2, 0.25) is 0 Å². The van der Waals surface area contributed by atoms with Crippen LogP contribution in [0, 0.1) is 22.7 Å². The summed E-state index contributed by atoms with van der Waals surface area (Å²) in [4.78, 5) is 0. The Bertz CT molecular complexity index is 210. The fourth-order valence-electron chi connectivity index (χ4n) is 5.03. The predicted molar refractivity (Wildman–Crippen MR) is 52.3 cm³/mol. The minimum Gasteiger partial charge on any atom is -0.393 e. The summed E-state index contributed by atoms with van der Waals surface area (Å²) >= 11 is 0. The first kappa shape index (κ1) is 8.28. The highest BCUT2D eigenvalue weighted by molar-refractivity contribution is 5.07. The molecule has 4 aliphatic carbocycles. The molecule has 0 spiro atoms. The summed E-state index contributed by atoms with van der Waals surface area (Å²) in [6.45, 7) is 4.88. The quantitative estimate of drug-likeness (QED) is 0.607. The van der Waals surface area contributed by atoms with Gasteiger partial charge in [0.15, 0.2) is 0 Å². The lowest BCUT2D eigenvalue weighted by molar-refractivity contribution is -0.161. The van der Waals surface area contributed by atoms with Gasteiger partial charge in [0.05, 0.1) is 6.10 Å². The Morgan fingerprint density at radius 2 is 1.31 bits per heavy atom. The standard InChI is InChI=1S/C12H20O/c1-11-3-8-5-12(2,7-11)6-9(4-11)10(8)13/h8-10,13H,3-7H2,1-2H3. The predicted octanol–water partition coefficient (Wildman–Crippen LogP) is 2.58. The van der Waals surface area contributed by atoms with Crippen molar-refractivity contribution in [1.29, 1.82) is 0 Å². The summed E-state index contributed by atoms with van der Waals surface area (Å²) in [7, 11) is 0. The number of hydrogen-bond donors (Lipinski definition) is 1. The molecule has 0 aromatic carbocycles. The van der Waals surface area contributed by atoms with Gasteiger partial charge in [0.1, 0.15) is 0 Å². The molecule has 0 amide bonds. The van der Waals surface area contributed by atoms with Gasteiger partial charge in [-0.15, -0.1) is 0 Å². The molecule has 1 N–H and O–H groups in total. The minimum atomic E-state index is 0.0430. The Morgan fingerprint density at radius 1 is 0.923 bits per heavy atom. The Labute approximate surface area is 80.5 Å². The van der Waals surface area contributed by atoms with Crippen LogP contribution in [-0.2, 0) is 0 Å². The van der Waals surface area contributed by atoms with Gasteiger partial charge < -0.3 is 5.11 Å². The Morgan fingerprint density at radius 3 is 1.69 bits per heavy atom. The Hall–Kier alpha value is -0.0400. The van der Waals surface area contributed by atoms with Crippen LogP contribution in [0.3, 0.4) is 0 Å². The Kier molecular flexibility index (Phi) is 1.36. The van der Waals surface area contributed by atoms with Crippen LogP contribution in [0.15, 0.2) is 0 Å². The lowest BCUT2D eigenvalue weighted by atomic mass is 9.44. The molecule has 1 nitrogen and oxygen atoms in total. The molecule has 1 heteroatoms. The molecule has 0 saturated heterocycles. The van der Waals surface area contributed by atoms with Crippen molar-refractivity contribution in [2.75, 3.05) is 0 Å². The maximum absolute atomic E-state index is 10.1. The van der Waals surface area contributed by atoms with Crippen LogP contribution in [0.4, 0.5) is 0 Å². The molecule has 4 aliphatic rings. The summed E-state index contributed by atoms with van der Waals surface area (Å²) < 4.78 is 0. The second-order valence-corrected chi connectivity index (χ2v) is 6.63. The number of rotatable bonds is 0. The van der Waals surface area contributed by atoms with E-state index < -0.39 is 0 Å². The van der Waals surface area contributed by atoms with E-state index in [0.29, 0.717) is 22.7 Å². The van der Waals surface area contributed by atoms with Crippen molar-refractivity contribution in [1.82, 2.24) is 0 Å². The summed E-state index contributed by atoms with van der Waals surface area (Å²) in [5.41, 5.74) is 1.17. The fraction of sp³-hybridized carbons (Fsp3) is 1.00. The smallest absolute Gasteiger partial charge is 0.0597 e. The van der Waals surface area contributed by atoms with Crippen LogP contribution >= 0.6 is 0 Å². The van der Waals surface area contributed by atoms with Gasteiger partial charge in [0, 0.05) is 0 Å². The third-order valence-corrected chi connectivity index (χ3v) is 4.84. The first-order chi connectivity index (χ1) is 6.00. The minimum absolute atomic E-state index is 0.0430. The van der Waals surface area contributed by atoms with Gasteiger partial charge in [-0.25, -0.2) is 0 Å². The molecule has 4 bridgehead atoms. The zero-order valence-corrected chi connectivity index (χ0v) is 8.71. The van der Waals surface area contributed by atoms with E-state index in [1.807, 2.05) is 0 Å². The van der Waals surface area contributed by atoms with Crippen molar-refractivity contribution in [3.63, 3.8) is 0 Å². The van der Waals surface area contributed by atoms with E-state index in [9.17, 15) is 5.11 Å². The topological polar surface area (TPSA) is 20.2 Å². The normalized spacial score (nSPS) is 64.4. The molecule has 0 heterocycles. The largest absolute Gasteiger partial charge is 0.393 e. The van der Waals surface area contributed by atoms with Crippen LogP contribution in [0.25, 0.3) is 0 Å². The van der Waals surface area contributed by atoms with Crippen molar-refractivity contribution in [2.45, 2.75) is 52.1 Å². The van der Waals surface area contributed by atoms with Gasteiger partial charge >= 0.3 is 0 Å². The summed E-state index contributed by atoms with van der Waals surface area (Å²) in [5.74, 6) is 1.27. The van der Waals surface area contributed by atoms with E-state index in [0.717, 1.165) is 0 Å². The van der Waals surface area contributed by atoms with E-state index in [1.54, 1.807) is 0 Å². The Balaban J connectivity index is 1.99. The average Bonchev–Trinajstić information content (AvgIpc) is 1.94. The summed E-state index contributed by atoms with van der Waals surface area (Å²) in [5, 5.41) is 10.1. The molecule has 4 rings (SSSR count). The molecule has 0 aromatic rings. The number of hydrogen-bond acceptors (Lipinski definition) is 1. The molecule has 4 saturated carbocycles. The van der Waals surface area contributed by atoms with Gasteiger partial charge in [-0.1, -0.05) is 13.8 Å². The summed E-state index contributed by atoms with van der Waals surface area (Å²) in [6, 6.07) is 0. The van der Waals surface area contributed by atoms with Crippen molar-refractivity contribution >= 4 is 0 Å². The van der Waals surface area contributed by atoms with Gasteiger partial charge in [-0.2, -0.15) is 0 Å². The van der Waals surface area contributed by atoms with Crippen LogP contribution in [-0.4, -0.2) is 11.2 Å².